The minimum Gasteiger partial charge on any atom is -0.493 e. The third-order valence-electron chi connectivity index (χ3n) is 4.96. The van der Waals surface area contributed by atoms with E-state index in [1.807, 2.05) is 36.5 Å². The topological polar surface area (TPSA) is 47.8 Å². The zero-order chi connectivity index (χ0) is 20.5. The summed E-state index contributed by atoms with van der Waals surface area (Å²) in [5.41, 5.74) is 6.06. The summed E-state index contributed by atoms with van der Waals surface area (Å²) in [6, 6.07) is 16.1. The van der Waals surface area contributed by atoms with Gasteiger partial charge in [-0.1, -0.05) is 18.2 Å². The van der Waals surface area contributed by atoms with Gasteiger partial charge in [0.15, 0.2) is 11.5 Å². The van der Waals surface area contributed by atoms with Crippen molar-refractivity contribution < 1.29 is 9.47 Å². The van der Waals surface area contributed by atoms with E-state index < -0.39 is 0 Å². The first-order valence-electron chi connectivity index (χ1n) is 9.25. The molecule has 5 nitrogen and oxygen atoms in total. The Labute approximate surface area is 178 Å². The fourth-order valence-corrected chi connectivity index (χ4v) is 3.79. The molecule has 29 heavy (non-hydrogen) atoms. The second-order valence-electron chi connectivity index (χ2n) is 6.85. The Morgan fingerprint density at radius 3 is 2.34 bits per heavy atom. The molecule has 4 aromatic rings. The van der Waals surface area contributed by atoms with Crippen LogP contribution in [-0.2, 0) is 0 Å². The smallest absolute Gasteiger partial charge is 0.161 e. The van der Waals surface area contributed by atoms with Crippen LogP contribution in [-0.4, -0.2) is 23.6 Å². The number of para-hydroxylation sites is 1. The number of anilines is 2. The number of benzene rings is 2. The van der Waals surface area contributed by atoms with Crippen molar-refractivity contribution >= 4 is 33.1 Å². The summed E-state index contributed by atoms with van der Waals surface area (Å²) in [4.78, 5) is 4.89. The third-order valence-corrected chi connectivity index (χ3v) is 5.43. The van der Waals surface area contributed by atoms with Crippen LogP contribution in [0.5, 0.6) is 11.5 Å². The molecule has 2 heterocycles. The van der Waals surface area contributed by atoms with Crippen molar-refractivity contribution in [2.75, 3.05) is 19.5 Å². The summed E-state index contributed by atoms with van der Waals surface area (Å²) < 4.78 is 13.9. The Hall–Kier alpha value is -2.99. The lowest BCUT2D eigenvalue weighted by Crippen LogP contribution is -2.01. The van der Waals surface area contributed by atoms with Crippen LogP contribution >= 0.6 is 15.9 Å². The Kier molecular flexibility index (Phi) is 5.20. The zero-order valence-electron chi connectivity index (χ0n) is 16.8. The van der Waals surface area contributed by atoms with Gasteiger partial charge in [0, 0.05) is 21.9 Å². The van der Waals surface area contributed by atoms with Crippen molar-refractivity contribution in [2.45, 2.75) is 13.8 Å². The average molecular weight is 452 g/mol. The fraction of sp³-hybridized carbons (Fsp3) is 0.174. The van der Waals surface area contributed by atoms with E-state index in [-0.39, 0.29) is 0 Å². The second kappa shape index (κ2) is 7.79. The Morgan fingerprint density at radius 1 is 0.931 bits per heavy atom. The summed E-state index contributed by atoms with van der Waals surface area (Å²) in [6.07, 6.45) is 2.02. The SMILES string of the molecule is COc1ccc(-c2nc3ccc(Br)cn3c2Nc2c(C)cccc2C)cc1OC. The number of halogens is 1. The van der Waals surface area contributed by atoms with E-state index >= 15 is 0 Å². The lowest BCUT2D eigenvalue weighted by atomic mass is 10.1. The van der Waals surface area contributed by atoms with E-state index in [1.54, 1.807) is 14.2 Å². The van der Waals surface area contributed by atoms with Crippen molar-refractivity contribution in [3.05, 3.63) is 70.3 Å². The number of imidazole rings is 1. The number of aryl methyl sites for hydroxylation is 2. The molecule has 2 aromatic carbocycles. The molecule has 0 atom stereocenters. The van der Waals surface area contributed by atoms with E-state index in [2.05, 4.69) is 57.7 Å². The number of methoxy groups -OCH3 is 2. The van der Waals surface area contributed by atoms with Crippen LogP contribution in [0.1, 0.15) is 11.1 Å². The summed E-state index contributed by atoms with van der Waals surface area (Å²) in [5.74, 6) is 2.25. The Morgan fingerprint density at radius 2 is 1.66 bits per heavy atom. The highest BCUT2D eigenvalue weighted by Gasteiger charge is 2.18. The van der Waals surface area contributed by atoms with E-state index in [0.29, 0.717) is 11.5 Å². The summed E-state index contributed by atoms with van der Waals surface area (Å²) in [5, 5.41) is 3.63. The van der Waals surface area contributed by atoms with Crippen LogP contribution in [0.4, 0.5) is 11.5 Å². The third kappa shape index (κ3) is 3.56. The van der Waals surface area contributed by atoms with Gasteiger partial charge in [0.05, 0.1) is 14.2 Å². The summed E-state index contributed by atoms with van der Waals surface area (Å²) in [7, 11) is 3.27. The highest BCUT2D eigenvalue weighted by Crippen LogP contribution is 2.37. The number of aromatic nitrogens is 2. The van der Waals surface area contributed by atoms with Crippen molar-refractivity contribution in [3.8, 4) is 22.8 Å². The van der Waals surface area contributed by atoms with Crippen molar-refractivity contribution in [1.29, 1.82) is 0 Å². The molecule has 2 aromatic heterocycles. The first kappa shape index (κ1) is 19.3. The molecular weight excluding hydrogens is 430 g/mol. The van der Waals surface area contributed by atoms with Crippen molar-refractivity contribution in [2.24, 2.45) is 0 Å². The Balaban J connectivity index is 1.94. The number of hydrogen-bond acceptors (Lipinski definition) is 4. The van der Waals surface area contributed by atoms with E-state index in [4.69, 9.17) is 14.5 Å². The maximum atomic E-state index is 5.50. The minimum atomic E-state index is 0.668. The molecule has 0 aliphatic heterocycles. The van der Waals surface area contributed by atoms with Crippen LogP contribution in [0.25, 0.3) is 16.9 Å². The monoisotopic (exact) mass is 451 g/mol. The fourth-order valence-electron chi connectivity index (χ4n) is 3.45. The van der Waals surface area contributed by atoms with Gasteiger partial charge in [-0.15, -0.1) is 0 Å². The van der Waals surface area contributed by atoms with Gasteiger partial charge in [-0.25, -0.2) is 4.98 Å². The molecule has 0 fully saturated rings. The van der Waals surface area contributed by atoms with Gasteiger partial charge in [-0.05, 0) is 71.2 Å². The number of ether oxygens (including phenoxy) is 2. The van der Waals surface area contributed by atoms with Crippen LogP contribution in [0.3, 0.4) is 0 Å². The summed E-state index contributed by atoms with van der Waals surface area (Å²) in [6.45, 7) is 4.20. The predicted molar refractivity (Wildman–Crippen MR) is 121 cm³/mol. The molecule has 0 aliphatic carbocycles. The molecule has 0 radical (unpaired) electrons. The predicted octanol–water partition coefficient (Wildman–Crippen LogP) is 6.14. The number of hydrogen-bond donors (Lipinski definition) is 1. The van der Waals surface area contributed by atoms with E-state index in [9.17, 15) is 0 Å². The molecule has 0 unspecified atom stereocenters. The quantitative estimate of drug-likeness (QED) is 0.395. The first-order chi connectivity index (χ1) is 14.0. The normalized spacial score (nSPS) is 10.9. The van der Waals surface area contributed by atoms with Gasteiger partial charge in [0.25, 0.3) is 0 Å². The van der Waals surface area contributed by atoms with E-state index in [0.717, 1.165) is 32.9 Å². The van der Waals surface area contributed by atoms with Crippen LogP contribution in [0, 0.1) is 13.8 Å². The molecule has 0 bridgehead atoms. The number of pyridine rings is 1. The molecule has 4 rings (SSSR count). The van der Waals surface area contributed by atoms with Gasteiger partial charge < -0.3 is 14.8 Å². The molecule has 148 valence electrons. The molecule has 0 amide bonds. The largest absolute Gasteiger partial charge is 0.493 e. The number of fused-ring (bicyclic) bond motifs is 1. The van der Waals surface area contributed by atoms with Crippen LogP contribution in [0.2, 0.25) is 0 Å². The molecule has 0 saturated heterocycles. The lowest BCUT2D eigenvalue weighted by Gasteiger charge is -2.15. The van der Waals surface area contributed by atoms with E-state index in [1.165, 1.54) is 11.1 Å². The first-order valence-corrected chi connectivity index (χ1v) is 10.0. The number of rotatable bonds is 5. The molecule has 0 spiro atoms. The molecular formula is C23H22BrN3O2. The maximum Gasteiger partial charge on any atom is 0.161 e. The van der Waals surface area contributed by atoms with Crippen molar-refractivity contribution in [1.82, 2.24) is 9.38 Å². The second-order valence-corrected chi connectivity index (χ2v) is 7.76. The molecule has 0 aliphatic rings. The van der Waals surface area contributed by atoms with Gasteiger partial charge in [-0.3, -0.25) is 4.40 Å². The Bertz CT molecular complexity index is 1180. The van der Waals surface area contributed by atoms with Crippen LogP contribution in [0.15, 0.2) is 59.2 Å². The molecule has 6 heteroatoms. The van der Waals surface area contributed by atoms with Crippen LogP contribution < -0.4 is 14.8 Å². The summed E-state index contributed by atoms with van der Waals surface area (Å²) >= 11 is 3.58. The average Bonchev–Trinajstić information content (AvgIpc) is 3.07. The maximum absolute atomic E-state index is 5.50. The highest BCUT2D eigenvalue weighted by molar-refractivity contribution is 9.10. The highest BCUT2D eigenvalue weighted by atomic mass is 79.9. The number of nitrogens with one attached hydrogen (secondary N) is 1. The molecule has 0 saturated carbocycles. The number of nitrogens with zero attached hydrogens (tertiary/aromatic N) is 2. The van der Waals surface area contributed by atoms with Crippen molar-refractivity contribution in [3.63, 3.8) is 0 Å². The standard InChI is InChI=1S/C23H22BrN3O2/c1-14-6-5-7-15(2)21(14)26-23-22(25-20-11-9-17(24)13-27(20)23)16-8-10-18(28-3)19(12-16)29-4/h5-13,26H,1-4H3. The zero-order valence-corrected chi connectivity index (χ0v) is 18.4. The minimum absolute atomic E-state index is 0.668. The molecule has 1 N–H and O–H groups in total. The van der Waals surface area contributed by atoms with Gasteiger partial charge >= 0.3 is 0 Å². The van der Waals surface area contributed by atoms with Gasteiger partial charge in [0.1, 0.15) is 17.2 Å². The van der Waals surface area contributed by atoms with Gasteiger partial charge in [0.2, 0.25) is 0 Å². The lowest BCUT2D eigenvalue weighted by molar-refractivity contribution is 0.355. The van der Waals surface area contributed by atoms with Gasteiger partial charge in [-0.2, -0.15) is 0 Å².